The van der Waals surface area contributed by atoms with Crippen molar-refractivity contribution in [3.05, 3.63) is 297 Å². The fourth-order valence-electron chi connectivity index (χ4n) is 12.8. The highest BCUT2D eigenvalue weighted by atomic mass is 32.2. The highest BCUT2D eigenvalue weighted by Gasteiger charge is 2.41. The number of pyridine rings is 1. The molecule has 10 aromatic rings. The van der Waals surface area contributed by atoms with Gasteiger partial charge in [-0.3, -0.25) is 38.1 Å². The highest BCUT2D eigenvalue weighted by molar-refractivity contribution is 8.01. The van der Waals surface area contributed by atoms with E-state index in [1.807, 2.05) is 158 Å². The Labute approximate surface area is 641 Å². The van der Waals surface area contributed by atoms with Gasteiger partial charge in [-0.15, -0.1) is 20.4 Å². The zero-order valence-corrected chi connectivity index (χ0v) is 62.5. The SMILES string of the molecule is Cc1cc(OCCCC(=O)NCCNC(=O)[C@H](CSOOO)NC(=O)[C@H](CSOOO)NC(=O)CSC(c2ccccc2)(c2ccccc2)c2ccccc2)cc(C)c1S(=O)(=O)N[C@@H](CNC(=O)c1cn(C)c2cc(CNc3nccn3C(c3ccccc3)(c3ccccc3)c3ccccc3)ccc2c1=O)C(=O)O. The van der Waals surface area contributed by atoms with Gasteiger partial charge < -0.3 is 46.3 Å². The topological polar surface area (TPSA) is 367 Å². The van der Waals surface area contributed by atoms with Gasteiger partial charge in [-0.25, -0.2) is 23.9 Å². The average molecular weight is 1560 g/mol. The van der Waals surface area contributed by atoms with Gasteiger partial charge in [0.15, 0.2) is 0 Å². The molecule has 0 bridgehead atoms. The second-order valence-electron chi connectivity index (χ2n) is 24.9. The standard InChI is InChI=1S/C78H80N10O17S4/c1-52-43-61(101-42-22-35-68(89)79-38-39-80-73(93)65(49-107-104-102-97)85-74(94)66(50-108-105-103-98)84-69(90)51-106-78(58-29-16-7-17-30-58,59-31-18-8-19-32-59)60-33-20-9-21-34-60)44-53(2)71(52)109(99,100)86-64(75(95)96)47-82-72(92)63-48-87(3)67-45-54(36-37-62(67)70(63)91)46-83-76-81-40-41-88(76)77(55-23-10-4-11-24-55,56-25-12-5-13-26-56)57-27-14-6-15-28-57/h4-21,23-34,36-37,40-41,43-45,48,64-66,86,97-98H,22,35,38-39,42,46-47,49-51H2,1-3H3,(H,79,89)(H,80,93)(H,81,83)(H,82,92)(H,84,90)(H,85,94)(H,95,96)/t64-,65-,66-/m0/s1. The highest BCUT2D eigenvalue weighted by Crippen LogP contribution is 2.49. The van der Waals surface area contributed by atoms with Crippen LogP contribution in [0.1, 0.15) is 73.3 Å². The lowest BCUT2D eigenvalue weighted by Crippen LogP contribution is -2.56. The predicted octanol–water partition coefficient (Wildman–Crippen LogP) is 9.19. The molecule has 0 aliphatic carbocycles. The molecule has 0 saturated heterocycles. The van der Waals surface area contributed by atoms with Crippen LogP contribution in [-0.4, -0.2) is 135 Å². The number of imidazole rings is 1. The maximum atomic E-state index is 14.0. The fourth-order valence-corrected chi connectivity index (χ4v) is 16.8. The van der Waals surface area contributed by atoms with E-state index in [-0.39, 0.29) is 82.5 Å². The van der Waals surface area contributed by atoms with E-state index in [4.69, 9.17) is 20.2 Å². The minimum atomic E-state index is -4.58. The maximum Gasteiger partial charge on any atom is 0.323 e. The van der Waals surface area contributed by atoms with Crippen LogP contribution in [0.5, 0.6) is 5.75 Å². The van der Waals surface area contributed by atoms with Crippen LogP contribution in [0, 0.1) is 13.8 Å². The summed E-state index contributed by atoms with van der Waals surface area (Å²) in [5, 5.41) is 52.0. The number of fused-ring (bicyclic) bond motifs is 1. The number of nitrogens with one attached hydrogen (secondary N) is 7. The third-order valence-electron chi connectivity index (χ3n) is 17.7. The van der Waals surface area contributed by atoms with Crippen molar-refractivity contribution in [3.8, 4) is 5.75 Å². The summed E-state index contributed by atoms with van der Waals surface area (Å²) < 4.78 is 47.9. The zero-order chi connectivity index (χ0) is 77.3. The Bertz CT molecular complexity index is 4710. The molecule has 2 heterocycles. The van der Waals surface area contributed by atoms with Crippen molar-refractivity contribution in [1.29, 1.82) is 0 Å². The number of nitrogens with zero attached hydrogens (tertiary/aromatic N) is 3. The van der Waals surface area contributed by atoms with Gasteiger partial charge in [0.25, 0.3) is 5.91 Å². The van der Waals surface area contributed by atoms with E-state index in [2.05, 4.69) is 96.3 Å². The van der Waals surface area contributed by atoms with Gasteiger partial charge in [0, 0.05) is 87.7 Å². The number of ether oxygens (including phenoxy) is 1. The molecule has 0 fully saturated rings. The Kier molecular flexibility index (Phi) is 28.9. The fraction of sp³-hybridized carbons (Fsp3) is 0.231. The van der Waals surface area contributed by atoms with E-state index in [0.717, 1.165) is 38.9 Å². The van der Waals surface area contributed by atoms with Crippen LogP contribution in [0.25, 0.3) is 10.9 Å². The summed E-state index contributed by atoms with van der Waals surface area (Å²) in [6.45, 7) is 2.38. The molecule has 27 nitrogen and oxygen atoms in total. The Morgan fingerprint density at radius 3 is 1.62 bits per heavy atom. The number of hydrogen-bond donors (Lipinski definition) is 10. The maximum absolute atomic E-state index is 14.0. The summed E-state index contributed by atoms with van der Waals surface area (Å²) in [7, 11) is -2.92. The molecule has 5 amide bonds. The van der Waals surface area contributed by atoms with Crippen molar-refractivity contribution < 1.29 is 76.3 Å². The number of sulfonamides is 1. The van der Waals surface area contributed by atoms with Crippen LogP contribution in [0.3, 0.4) is 0 Å². The van der Waals surface area contributed by atoms with Gasteiger partial charge in [-0.1, -0.05) is 198 Å². The van der Waals surface area contributed by atoms with E-state index in [9.17, 15) is 47.1 Å². The van der Waals surface area contributed by atoms with Gasteiger partial charge in [0.2, 0.25) is 45.0 Å². The number of aromatic nitrogens is 3. The molecule has 109 heavy (non-hydrogen) atoms. The van der Waals surface area contributed by atoms with E-state index < -0.39 is 85.9 Å². The molecular formula is C78H80N10O17S4. The number of carboxylic acid groups (broad SMARTS) is 1. The van der Waals surface area contributed by atoms with Crippen molar-refractivity contribution in [2.45, 2.75) is 66.5 Å². The number of aliphatic carboxylic acids is 1. The molecule has 0 aliphatic heterocycles. The lowest BCUT2D eigenvalue weighted by Gasteiger charge is -2.38. The van der Waals surface area contributed by atoms with Gasteiger partial charge in [-0.05, 0) is 94.6 Å². The molecule has 0 radical (unpaired) electrons. The number of aryl methyl sites for hydroxylation is 3. The molecule has 0 saturated carbocycles. The summed E-state index contributed by atoms with van der Waals surface area (Å²) in [6, 6.07) is 62.9. The van der Waals surface area contributed by atoms with Crippen molar-refractivity contribution in [3.63, 3.8) is 0 Å². The van der Waals surface area contributed by atoms with Crippen molar-refractivity contribution in [1.82, 2.24) is 45.4 Å². The first-order valence-corrected chi connectivity index (χ1v) is 38.6. The minimum absolute atomic E-state index is 0.00914. The first kappa shape index (κ1) is 80.9. The Morgan fingerprint density at radius 2 is 1.11 bits per heavy atom. The van der Waals surface area contributed by atoms with E-state index in [0.29, 0.717) is 42.1 Å². The second kappa shape index (κ2) is 38.9. The van der Waals surface area contributed by atoms with Gasteiger partial charge in [0.05, 0.1) is 39.0 Å². The molecule has 2 aromatic heterocycles. The molecule has 0 unspecified atom stereocenters. The van der Waals surface area contributed by atoms with Crippen molar-refractivity contribution in [2.24, 2.45) is 7.05 Å². The number of carbonyl (C=O) groups excluding carboxylic acids is 5. The molecule has 568 valence electrons. The Hall–Kier alpha value is -10.7. The summed E-state index contributed by atoms with van der Waals surface area (Å²) in [6.07, 6.45) is 5.18. The number of hydrogen-bond acceptors (Lipinski definition) is 21. The number of thioether (sulfide) groups is 1. The van der Waals surface area contributed by atoms with Crippen LogP contribution in [-0.2, 0) is 76.6 Å². The van der Waals surface area contributed by atoms with E-state index >= 15 is 0 Å². The number of anilines is 1. The van der Waals surface area contributed by atoms with E-state index in [1.54, 1.807) is 29.9 Å². The number of rotatable bonds is 40. The number of benzene rings is 8. The normalized spacial score (nSPS) is 12.4. The Balaban J connectivity index is 0.688. The molecule has 31 heteroatoms. The summed E-state index contributed by atoms with van der Waals surface area (Å²) in [4.78, 5) is 99.3. The second-order valence-corrected chi connectivity index (χ2v) is 29.2. The van der Waals surface area contributed by atoms with Gasteiger partial charge in [0.1, 0.15) is 35.0 Å². The predicted molar refractivity (Wildman–Crippen MR) is 414 cm³/mol. The van der Waals surface area contributed by atoms with Crippen molar-refractivity contribution >= 4 is 98.2 Å². The quantitative estimate of drug-likeness (QED) is 0.00562. The molecule has 8 aromatic carbocycles. The molecule has 0 aliphatic rings. The molecule has 3 atom stereocenters. The third-order valence-corrected chi connectivity index (χ3v) is 22.3. The van der Waals surface area contributed by atoms with Crippen LogP contribution in [0.15, 0.2) is 241 Å². The molecule has 0 spiro atoms. The van der Waals surface area contributed by atoms with Crippen molar-refractivity contribution in [2.75, 3.05) is 48.8 Å². The van der Waals surface area contributed by atoms with Gasteiger partial charge in [-0.2, -0.15) is 4.72 Å². The monoisotopic (exact) mass is 1560 g/mol. The first-order valence-electron chi connectivity index (χ1n) is 34.3. The number of amides is 5. The van der Waals surface area contributed by atoms with Gasteiger partial charge >= 0.3 is 5.97 Å². The summed E-state index contributed by atoms with van der Waals surface area (Å²) in [5.41, 5.74) is 5.63. The molecule has 10 rings (SSSR count). The smallest absolute Gasteiger partial charge is 0.323 e. The number of carboxylic acids is 1. The average Bonchev–Trinajstić information content (AvgIpc) is 1.73. The zero-order valence-electron chi connectivity index (χ0n) is 59.3. The number of carbonyl (C=O) groups is 6. The lowest BCUT2D eigenvalue weighted by molar-refractivity contribution is -0.432. The lowest BCUT2D eigenvalue weighted by atomic mass is 9.76. The van der Waals surface area contributed by atoms with Crippen LogP contribution >= 0.6 is 35.8 Å². The largest absolute Gasteiger partial charge is 0.494 e. The van der Waals surface area contributed by atoms with Crippen LogP contribution in [0.2, 0.25) is 0 Å². The molecule has 10 N–H and O–H groups in total. The first-order chi connectivity index (χ1) is 52.8. The van der Waals surface area contributed by atoms with E-state index in [1.165, 1.54) is 43.9 Å². The van der Waals surface area contributed by atoms with Crippen LogP contribution in [0.4, 0.5) is 5.95 Å². The minimum Gasteiger partial charge on any atom is -0.494 e. The summed E-state index contributed by atoms with van der Waals surface area (Å²) in [5.74, 6) is -5.07. The third kappa shape index (κ3) is 20.2. The molecular weight excluding hydrogens is 1480 g/mol. The Morgan fingerprint density at radius 1 is 0.606 bits per heavy atom. The van der Waals surface area contributed by atoms with Crippen LogP contribution < -0.4 is 46.8 Å². The summed E-state index contributed by atoms with van der Waals surface area (Å²) >= 11 is 2.29.